The normalized spacial score (nSPS) is 23.3. The van der Waals surface area contributed by atoms with Crippen LogP contribution < -0.4 is 20.7 Å². The number of hydrogen-bond donors (Lipinski definition) is 3. The summed E-state index contributed by atoms with van der Waals surface area (Å²) < 4.78 is 5.17. The minimum atomic E-state index is -0.898. The number of urea groups is 1. The van der Waals surface area contributed by atoms with Gasteiger partial charge in [0, 0.05) is 31.2 Å². The van der Waals surface area contributed by atoms with Crippen molar-refractivity contribution in [3.8, 4) is 5.75 Å². The minimum Gasteiger partial charge on any atom is -0.497 e. The number of benzene rings is 1. The second-order valence-corrected chi connectivity index (χ2v) is 9.47. The van der Waals surface area contributed by atoms with Gasteiger partial charge < -0.3 is 30.5 Å². The van der Waals surface area contributed by atoms with E-state index in [0.29, 0.717) is 30.8 Å². The van der Waals surface area contributed by atoms with Crippen molar-refractivity contribution in [1.29, 1.82) is 0 Å². The molecule has 10 nitrogen and oxygen atoms in total. The smallest absolute Gasteiger partial charge is 0.317 e. The summed E-state index contributed by atoms with van der Waals surface area (Å²) in [7, 11) is 1.55. The van der Waals surface area contributed by atoms with Crippen LogP contribution in [0.25, 0.3) is 0 Å². The lowest BCUT2D eigenvalue weighted by Crippen LogP contribution is -2.64. The number of piperidine rings is 1. The Labute approximate surface area is 205 Å². The van der Waals surface area contributed by atoms with Crippen molar-refractivity contribution < 1.29 is 23.9 Å². The van der Waals surface area contributed by atoms with Crippen molar-refractivity contribution in [3.63, 3.8) is 0 Å². The molecule has 1 aromatic carbocycles. The Kier molecular flexibility index (Phi) is 8.09. The molecule has 2 atom stereocenters. The molecule has 2 unspecified atom stereocenters. The van der Waals surface area contributed by atoms with Gasteiger partial charge in [0.25, 0.3) is 5.91 Å². The van der Waals surface area contributed by atoms with E-state index in [2.05, 4.69) is 16.0 Å². The van der Waals surface area contributed by atoms with Gasteiger partial charge in [-0.3, -0.25) is 14.4 Å². The molecule has 0 spiro atoms. The number of carbonyl (C=O) groups is 4. The van der Waals surface area contributed by atoms with Gasteiger partial charge >= 0.3 is 6.03 Å². The van der Waals surface area contributed by atoms with E-state index >= 15 is 0 Å². The van der Waals surface area contributed by atoms with Gasteiger partial charge in [-0.2, -0.15) is 0 Å². The number of nitrogens with zero attached hydrogens (tertiary/aromatic N) is 2. The quantitative estimate of drug-likeness (QED) is 0.580. The summed E-state index contributed by atoms with van der Waals surface area (Å²) in [5.41, 5.74) is 0.430. The van der Waals surface area contributed by atoms with Crippen LogP contribution >= 0.6 is 0 Å². The molecule has 5 amide bonds. The van der Waals surface area contributed by atoms with E-state index in [1.54, 1.807) is 36.3 Å². The highest BCUT2D eigenvalue weighted by molar-refractivity contribution is 5.99. The average Bonchev–Trinajstić information content (AvgIpc) is 2.90. The fraction of sp³-hybridized carbons (Fsp3) is 0.600. The third-order valence-corrected chi connectivity index (χ3v) is 7.10. The van der Waals surface area contributed by atoms with Crippen LogP contribution in [0.15, 0.2) is 24.3 Å². The summed E-state index contributed by atoms with van der Waals surface area (Å²) in [4.78, 5) is 55.0. The van der Waals surface area contributed by atoms with Crippen molar-refractivity contribution in [3.05, 3.63) is 29.8 Å². The molecule has 3 fully saturated rings. The SMILES string of the molecule is COc1ccc(C(=O)N2CCN(C(=O)NC3CCCCC3)CC2C(=O)NC2CCCNC2=O)cc1. The van der Waals surface area contributed by atoms with E-state index in [4.69, 9.17) is 4.74 Å². The van der Waals surface area contributed by atoms with Crippen LogP contribution in [0.4, 0.5) is 4.79 Å². The van der Waals surface area contributed by atoms with Crippen molar-refractivity contribution in [2.75, 3.05) is 33.3 Å². The third-order valence-electron chi connectivity index (χ3n) is 7.10. The topological polar surface area (TPSA) is 120 Å². The maximum Gasteiger partial charge on any atom is 0.317 e. The van der Waals surface area contributed by atoms with Crippen LogP contribution in [-0.2, 0) is 9.59 Å². The van der Waals surface area contributed by atoms with E-state index in [9.17, 15) is 19.2 Å². The molecule has 0 aromatic heterocycles. The molecule has 35 heavy (non-hydrogen) atoms. The second kappa shape index (κ2) is 11.4. The number of methoxy groups -OCH3 is 1. The Hall–Kier alpha value is -3.30. The zero-order valence-corrected chi connectivity index (χ0v) is 20.3. The van der Waals surface area contributed by atoms with Crippen LogP contribution in [-0.4, -0.2) is 85.0 Å². The molecule has 3 N–H and O–H groups in total. The molecule has 2 saturated heterocycles. The summed E-state index contributed by atoms with van der Waals surface area (Å²) in [6.45, 7) is 1.21. The maximum absolute atomic E-state index is 13.4. The van der Waals surface area contributed by atoms with E-state index in [0.717, 1.165) is 32.1 Å². The highest BCUT2D eigenvalue weighted by Gasteiger charge is 2.39. The van der Waals surface area contributed by atoms with Gasteiger partial charge in [0.2, 0.25) is 11.8 Å². The first-order chi connectivity index (χ1) is 17.0. The summed E-state index contributed by atoms with van der Waals surface area (Å²) in [6.07, 6.45) is 6.63. The molecule has 190 valence electrons. The molecule has 10 heteroatoms. The summed E-state index contributed by atoms with van der Waals surface area (Å²) in [6, 6.07) is 5.12. The van der Waals surface area contributed by atoms with Gasteiger partial charge in [-0.05, 0) is 49.9 Å². The molecule has 2 heterocycles. The van der Waals surface area contributed by atoms with Gasteiger partial charge in [0.15, 0.2) is 0 Å². The van der Waals surface area contributed by atoms with E-state index in [1.807, 2.05) is 0 Å². The number of ether oxygens (including phenoxy) is 1. The van der Waals surface area contributed by atoms with Crippen molar-refractivity contribution in [1.82, 2.24) is 25.8 Å². The fourth-order valence-corrected chi connectivity index (χ4v) is 5.02. The molecular weight excluding hydrogens is 450 g/mol. The van der Waals surface area contributed by atoms with E-state index in [-0.39, 0.29) is 37.0 Å². The van der Waals surface area contributed by atoms with Crippen LogP contribution in [0, 0.1) is 0 Å². The highest BCUT2D eigenvalue weighted by atomic mass is 16.5. The van der Waals surface area contributed by atoms with Gasteiger partial charge in [-0.1, -0.05) is 19.3 Å². The predicted octanol–water partition coefficient (Wildman–Crippen LogP) is 1.26. The number of piperazine rings is 1. The largest absolute Gasteiger partial charge is 0.497 e. The summed E-state index contributed by atoms with van der Waals surface area (Å²) in [5, 5.41) is 8.67. The molecule has 2 aliphatic heterocycles. The lowest BCUT2D eigenvalue weighted by atomic mass is 9.96. The van der Waals surface area contributed by atoms with Gasteiger partial charge in [-0.15, -0.1) is 0 Å². The second-order valence-electron chi connectivity index (χ2n) is 9.47. The van der Waals surface area contributed by atoms with Gasteiger partial charge in [0.05, 0.1) is 13.7 Å². The van der Waals surface area contributed by atoms with Crippen molar-refractivity contribution >= 4 is 23.8 Å². The first kappa shape index (κ1) is 24.8. The highest BCUT2D eigenvalue weighted by Crippen LogP contribution is 2.20. The van der Waals surface area contributed by atoms with Crippen molar-refractivity contribution in [2.45, 2.75) is 63.1 Å². The number of carbonyl (C=O) groups excluding carboxylic acids is 4. The average molecular weight is 486 g/mol. The Bertz CT molecular complexity index is 931. The Morgan fingerprint density at radius 2 is 1.71 bits per heavy atom. The molecule has 1 aromatic rings. The monoisotopic (exact) mass is 485 g/mol. The first-order valence-corrected chi connectivity index (χ1v) is 12.5. The number of rotatable bonds is 5. The number of hydrogen-bond acceptors (Lipinski definition) is 5. The number of amides is 5. The van der Waals surface area contributed by atoms with Gasteiger partial charge in [0.1, 0.15) is 17.8 Å². The molecular formula is C25H35N5O5. The molecule has 1 aliphatic carbocycles. The first-order valence-electron chi connectivity index (χ1n) is 12.5. The van der Waals surface area contributed by atoms with Gasteiger partial charge in [-0.25, -0.2) is 4.79 Å². The lowest BCUT2D eigenvalue weighted by molar-refractivity contribution is -0.133. The predicted molar refractivity (Wildman–Crippen MR) is 129 cm³/mol. The van der Waals surface area contributed by atoms with E-state index in [1.165, 1.54) is 11.3 Å². The Morgan fingerprint density at radius 3 is 2.40 bits per heavy atom. The summed E-state index contributed by atoms with van der Waals surface area (Å²) >= 11 is 0. The number of nitrogens with one attached hydrogen (secondary N) is 3. The molecule has 4 rings (SSSR count). The zero-order valence-electron chi connectivity index (χ0n) is 20.3. The van der Waals surface area contributed by atoms with Crippen LogP contribution in [0.2, 0.25) is 0 Å². The summed E-state index contributed by atoms with van der Waals surface area (Å²) in [5.74, 6) is -0.319. The van der Waals surface area contributed by atoms with Crippen LogP contribution in [0.5, 0.6) is 5.75 Å². The van der Waals surface area contributed by atoms with Crippen LogP contribution in [0.1, 0.15) is 55.3 Å². The lowest BCUT2D eigenvalue weighted by Gasteiger charge is -2.41. The van der Waals surface area contributed by atoms with E-state index < -0.39 is 18.0 Å². The Balaban J connectivity index is 1.49. The van der Waals surface area contributed by atoms with Crippen LogP contribution in [0.3, 0.4) is 0 Å². The molecule has 3 aliphatic rings. The fourth-order valence-electron chi connectivity index (χ4n) is 5.02. The zero-order chi connectivity index (χ0) is 24.8. The third kappa shape index (κ3) is 6.04. The standard InChI is InChI=1S/C25H35N5O5/c1-35-19-11-9-17(10-12-19)24(33)30-15-14-29(25(34)27-18-6-3-2-4-7-18)16-21(30)23(32)28-20-8-5-13-26-22(20)31/h9-12,18,20-21H,2-8,13-16H2,1H3,(H,26,31)(H,27,34)(H,28,32). The molecule has 1 saturated carbocycles. The maximum atomic E-state index is 13.4. The molecule has 0 radical (unpaired) electrons. The van der Waals surface area contributed by atoms with Crippen molar-refractivity contribution in [2.24, 2.45) is 0 Å². The molecule has 0 bridgehead atoms. The Morgan fingerprint density at radius 1 is 0.971 bits per heavy atom. The minimum absolute atomic E-state index is 0.0701.